The normalized spacial score (nSPS) is 12.7. The number of benzene rings is 1. The van der Waals surface area contributed by atoms with Crippen molar-refractivity contribution in [2.45, 2.75) is 33.1 Å². The highest BCUT2D eigenvalue weighted by Crippen LogP contribution is 2.23. The lowest BCUT2D eigenvalue weighted by Crippen LogP contribution is -2.02. The fourth-order valence-corrected chi connectivity index (χ4v) is 2.32. The summed E-state index contributed by atoms with van der Waals surface area (Å²) >= 11 is 0. The Hall–Kier alpha value is -1.90. The molecule has 0 aliphatic rings. The number of hydrogen-bond donors (Lipinski definition) is 0. The largest absolute Gasteiger partial charge is 0.301 e. The van der Waals surface area contributed by atoms with Crippen LogP contribution in [-0.4, -0.2) is 22.8 Å². The van der Waals surface area contributed by atoms with Crippen molar-refractivity contribution < 1.29 is 0 Å². The van der Waals surface area contributed by atoms with Crippen molar-refractivity contribution in [3.05, 3.63) is 36.2 Å². The average molecular weight is 255 g/mol. The van der Waals surface area contributed by atoms with Crippen LogP contribution in [0, 0.1) is 0 Å². The number of allylic oxidation sites excluding steroid dienone is 2. The molecule has 0 unspecified atom stereocenters. The molecule has 0 saturated heterocycles. The van der Waals surface area contributed by atoms with E-state index in [1.54, 1.807) is 0 Å². The van der Waals surface area contributed by atoms with Crippen LogP contribution in [0.4, 0.5) is 0 Å². The van der Waals surface area contributed by atoms with Gasteiger partial charge in [-0.2, -0.15) is 0 Å². The van der Waals surface area contributed by atoms with Crippen molar-refractivity contribution in [1.82, 2.24) is 9.55 Å². The van der Waals surface area contributed by atoms with Crippen molar-refractivity contribution in [3.63, 3.8) is 0 Å². The van der Waals surface area contributed by atoms with Crippen LogP contribution in [-0.2, 0) is 6.42 Å². The summed E-state index contributed by atoms with van der Waals surface area (Å²) in [7, 11) is 1.81. The Kier molecular flexibility index (Phi) is 4.50. The summed E-state index contributed by atoms with van der Waals surface area (Å²) in [5, 5.41) is 0. The first-order valence-corrected chi connectivity index (χ1v) is 6.88. The highest BCUT2D eigenvalue weighted by Gasteiger charge is 2.10. The number of para-hydroxylation sites is 2. The Morgan fingerprint density at radius 3 is 2.79 bits per heavy atom. The third-order valence-corrected chi connectivity index (χ3v) is 3.24. The summed E-state index contributed by atoms with van der Waals surface area (Å²) < 4.78 is 2.29. The third-order valence-electron chi connectivity index (χ3n) is 3.24. The zero-order chi connectivity index (χ0) is 13.7. The minimum Gasteiger partial charge on any atom is -0.301 e. The van der Waals surface area contributed by atoms with E-state index in [1.165, 1.54) is 11.2 Å². The third kappa shape index (κ3) is 2.75. The maximum absolute atomic E-state index is 4.72. The van der Waals surface area contributed by atoms with Gasteiger partial charge >= 0.3 is 0 Å². The molecule has 0 fully saturated rings. The molecule has 1 heterocycles. The molecule has 100 valence electrons. The minimum atomic E-state index is 0.870. The quantitative estimate of drug-likeness (QED) is 0.744. The highest BCUT2D eigenvalue weighted by atomic mass is 15.1. The van der Waals surface area contributed by atoms with E-state index in [4.69, 9.17) is 4.98 Å². The molecule has 1 aromatic carbocycles. The fourth-order valence-electron chi connectivity index (χ4n) is 2.32. The number of imidazole rings is 1. The van der Waals surface area contributed by atoms with E-state index in [9.17, 15) is 0 Å². The van der Waals surface area contributed by atoms with Gasteiger partial charge in [0.05, 0.1) is 11.0 Å². The summed E-state index contributed by atoms with van der Waals surface area (Å²) in [6.07, 6.45) is 6.97. The Balaban J connectivity index is 2.54. The summed E-state index contributed by atoms with van der Waals surface area (Å²) in [6.45, 7) is 4.33. The molecule has 0 bridgehead atoms. The first-order valence-electron chi connectivity index (χ1n) is 6.88. The molecule has 0 spiro atoms. The molecule has 0 atom stereocenters. The van der Waals surface area contributed by atoms with Crippen molar-refractivity contribution in [2.75, 3.05) is 7.05 Å². The zero-order valence-electron chi connectivity index (χ0n) is 11.9. The molecule has 2 rings (SSSR count). The summed E-state index contributed by atoms with van der Waals surface area (Å²) in [5.74, 6) is 1.13. The van der Waals surface area contributed by atoms with Crippen molar-refractivity contribution >= 4 is 22.9 Å². The van der Waals surface area contributed by atoms with Gasteiger partial charge in [0.2, 0.25) is 0 Å². The van der Waals surface area contributed by atoms with E-state index in [0.29, 0.717) is 0 Å². The molecule has 0 aliphatic heterocycles. The summed E-state index contributed by atoms with van der Waals surface area (Å²) in [5.41, 5.74) is 3.56. The molecule has 3 heteroatoms. The Morgan fingerprint density at radius 2 is 2.11 bits per heavy atom. The fraction of sp³-hybridized carbons (Fsp3) is 0.375. The molecule has 3 nitrogen and oxygen atoms in total. The predicted octanol–water partition coefficient (Wildman–Crippen LogP) is 3.94. The number of rotatable bonds is 5. The van der Waals surface area contributed by atoms with Crippen molar-refractivity contribution in [1.29, 1.82) is 0 Å². The smallest absolute Gasteiger partial charge is 0.113 e. The van der Waals surface area contributed by atoms with E-state index in [2.05, 4.69) is 47.7 Å². The molecular formula is C16H21N3. The van der Waals surface area contributed by atoms with Crippen LogP contribution in [0.25, 0.3) is 16.7 Å². The molecule has 0 saturated carbocycles. The molecule has 0 amide bonds. The number of fused-ring (bicyclic) bond motifs is 1. The van der Waals surface area contributed by atoms with Gasteiger partial charge in [-0.15, -0.1) is 0 Å². The van der Waals surface area contributed by atoms with Crippen molar-refractivity contribution in [2.24, 2.45) is 4.99 Å². The van der Waals surface area contributed by atoms with Crippen molar-refractivity contribution in [3.8, 4) is 0 Å². The molecule has 1 aromatic heterocycles. The molecule has 0 aliphatic carbocycles. The van der Waals surface area contributed by atoms with Gasteiger partial charge in [-0.25, -0.2) is 4.98 Å². The zero-order valence-corrected chi connectivity index (χ0v) is 11.9. The van der Waals surface area contributed by atoms with E-state index < -0.39 is 0 Å². The summed E-state index contributed by atoms with van der Waals surface area (Å²) in [6, 6.07) is 8.32. The topological polar surface area (TPSA) is 30.2 Å². The van der Waals surface area contributed by atoms with Crippen LogP contribution in [0.15, 0.2) is 35.3 Å². The van der Waals surface area contributed by atoms with Gasteiger partial charge in [0.1, 0.15) is 5.82 Å². The monoisotopic (exact) mass is 255 g/mol. The van der Waals surface area contributed by atoms with E-state index in [1.807, 2.05) is 19.3 Å². The highest BCUT2D eigenvalue weighted by molar-refractivity contribution is 5.80. The molecular weight excluding hydrogens is 234 g/mol. The lowest BCUT2D eigenvalue weighted by molar-refractivity contribution is 0.893. The Labute approximate surface area is 114 Å². The molecule has 0 N–H and O–H groups in total. The number of aryl methyl sites for hydroxylation is 1. The van der Waals surface area contributed by atoms with E-state index in [-0.39, 0.29) is 0 Å². The SMILES string of the molecule is CC/C(=C\C/C=N\C)n1c(CC)nc2ccccc21. The van der Waals surface area contributed by atoms with Crippen LogP contribution in [0.1, 0.15) is 32.5 Å². The average Bonchev–Trinajstić information content (AvgIpc) is 2.82. The number of nitrogens with zero attached hydrogens (tertiary/aromatic N) is 3. The van der Waals surface area contributed by atoms with Gasteiger partial charge in [-0.05, 0) is 18.6 Å². The Bertz CT molecular complexity index is 605. The van der Waals surface area contributed by atoms with Crippen LogP contribution in [0.2, 0.25) is 0 Å². The van der Waals surface area contributed by atoms with Gasteiger partial charge in [0, 0.05) is 31.8 Å². The van der Waals surface area contributed by atoms with Gasteiger partial charge in [0.25, 0.3) is 0 Å². The minimum absolute atomic E-state index is 0.870. The summed E-state index contributed by atoms with van der Waals surface area (Å²) in [4.78, 5) is 8.75. The maximum atomic E-state index is 4.72. The van der Waals surface area contributed by atoms with E-state index in [0.717, 1.165) is 30.6 Å². The lowest BCUT2D eigenvalue weighted by Gasteiger charge is -2.11. The first-order chi connectivity index (χ1) is 9.31. The van der Waals surface area contributed by atoms with Crippen LogP contribution < -0.4 is 0 Å². The Morgan fingerprint density at radius 1 is 1.32 bits per heavy atom. The second-order valence-electron chi connectivity index (χ2n) is 4.43. The first kappa shape index (κ1) is 13.5. The van der Waals surface area contributed by atoms with Gasteiger partial charge < -0.3 is 9.56 Å². The predicted molar refractivity (Wildman–Crippen MR) is 82.7 cm³/mol. The number of hydrogen-bond acceptors (Lipinski definition) is 2. The maximum Gasteiger partial charge on any atom is 0.113 e. The number of aromatic nitrogens is 2. The van der Waals surface area contributed by atoms with Crippen LogP contribution in [0.3, 0.4) is 0 Å². The van der Waals surface area contributed by atoms with Gasteiger partial charge in [-0.3, -0.25) is 0 Å². The second-order valence-corrected chi connectivity index (χ2v) is 4.43. The van der Waals surface area contributed by atoms with Crippen LogP contribution in [0.5, 0.6) is 0 Å². The lowest BCUT2D eigenvalue weighted by atomic mass is 10.2. The number of aliphatic imine (C=N–C) groups is 1. The molecule has 19 heavy (non-hydrogen) atoms. The van der Waals surface area contributed by atoms with Crippen LogP contribution >= 0.6 is 0 Å². The molecule has 0 radical (unpaired) electrons. The standard InChI is InChI=1S/C16H21N3/c1-4-13(9-8-12-17-3)19-15-11-7-6-10-14(15)18-16(19)5-2/h6-7,9-12H,4-5,8H2,1-3H3/b13-9+,17-12-. The molecule has 2 aromatic rings. The van der Waals surface area contributed by atoms with Gasteiger partial charge in [0.15, 0.2) is 0 Å². The van der Waals surface area contributed by atoms with E-state index >= 15 is 0 Å². The van der Waals surface area contributed by atoms with Gasteiger partial charge in [-0.1, -0.05) is 32.1 Å². The second kappa shape index (κ2) is 6.32.